The fraction of sp³-hybridized carbons (Fsp3) is 0.556. The van der Waals surface area contributed by atoms with Crippen molar-refractivity contribution in [2.45, 2.75) is 19.3 Å². The van der Waals surface area contributed by atoms with Gasteiger partial charge in [0.05, 0.1) is 11.3 Å². The van der Waals surface area contributed by atoms with Crippen LogP contribution in [0.2, 0.25) is 0 Å². The van der Waals surface area contributed by atoms with Crippen LogP contribution in [0.1, 0.15) is 29.6 Å². The summed E-state index contributed by atoms with van der Waals surface area (Å²) in [5.74, 6) is 1.63. The predicted octanol–water partition coefficient (Wildman–Crippen LogP) is 1.91. The van der Waals surface area contributed by atoms with Crippen LogP contribution in [0.25, 0.3) is 0 Å². The molecular formula is C18H22N2O4. The quantitative estimate of drug-likeness (QED) is 0.899. The van der Waals surface area contributed by atoms with E-state index in [4.69, 9.17) is 9.47 Å². The van der Waals surface area contributed by atoms with E-state index in [0.29, 0.717) is 28.8 Å². The summed E-state index contributed by atoms with van der Waals surface area (Å²) in [6, 6.07) is 5.33. The van der Waals surface area contributed by atoms with E-state index >= 15 is 0 Å². The molecule has 2 saturated heterocycles. The molecule has 0 aliphatic carbocycles. The first-order valence-electron chi connectivity index (χ1n) is 8.65. The standard InChI is InChI=1S/C18H22N2O4/c21-16-11-24-15-3-1-2-14(17(15)19-16)18(22)20-7-4-12(5-8-20)13-6-9-23-10-13/h1-3,12-13H,4-11H2,(H,19,21)/t13-/m0/s1. The highest BCUT2D eigenvalue weighted by atomic mass is 16.5. The van der Waals surface area contributed by atoms with Gasteiger partial charge in [-0.3, -0.25) is 9.59 Å². The smallest absolute Gasteiger partial charge is 0.262 e. The third kappa shape index (κ3) is 2.86. The minimum atomic E-state index is -0.220. The third-order valence-electron chi connectivity index (χ3n) is 5.34. The number of hydrogen-bond acceptors (Lipinski definition) is 4. The molecule has 3 heterocycles. The number of piperidine rings is 1. The second kappa shape index (κ2) is 6.43. The van der Waals surface area contributed by atoms with Crippen molar-refractivity contribution >= 4 is 17.5 Å². The van der Waals surface area contributed by atoms with Gasteiger partial charge in [0.2, 0.25) is 0 Å². The Morgan fingerprint density at radius 2 is 2.00 bits per heavy atom. The Balaban J connectivity index is 1.46. The number of likely N-dealkylation sites (tertiary alicyclic amines) is 1. The van der Waals surface area contributed by atoms with Gasteiger partial charge in [-0.25, -0.2) is 0 Å². The predicted molar refractivity (Wildman–Crippen MR) is 88.1 cm³/mol. The molecule has 4 rings (SSSR count). The molecule has 3 aliphatic rings. The van der Waals surface area contributed by atoms with Crippen LogP contribution in [0.5, 0.6) is 5.75 Å². The average Bonchev–Trinajstić information content (AvgIpc) is 3.15. The number of para-hydroxylation sites is 1. The van der Waals surface area contributed by atoms with Gasteiger partial charge in [0, 0.05) is 26.3 Å². The number of fused-ring (bicyclic) bond motifs is 1. The first kappa shape index (κ1) is 15.4. The van der Waals surface area contributed by atoms with Crippen molar-refractivity contribution in [3.63, 3.8) is 0 Å². The van der Waals surface area contributed by atoms with E-state index in [2.05, 4.69) is 5.32 Å². The summed E-state index contributed by atoms with van der Waals surface area (Å²) < 4.78 is 10.9. The summed E-state index contributed by atoms with van der Waals surface area (Å²) >= 11 is 0. The Bertz CT molecular complexity index is 646. The molecule has 3 aliphatic heterocycles. The lowest BCUT2D eigenvalue weighted by atomic mass is 9.84. The number of nitrogens with one attached hydrogen (secondary N) is 1. The molecule has 0 unspecified atom stereocenters. The molecule has 1 N–H and O–H groups in total. The number of ether oxygens (including phenoxy) is 2. The first-order valence-corrected chi connectivity index (χ1v) is 8.65. The third-order valence-corrected chi connectivity index (χ3v) is 5.34. The molecular weight excluding hydrogens is 308 g/mol. The topological polar surface area (TPSA) is 67.9 Å². The molecule has 24 heavy (non-hydrogen) atoms. The molecule has 6 nitrogen and oxygen atoms in total. The van der Waals surface area contributed by atoms with Crippen molar-refractivity contribution in [2.75, 3.05) is 38.2 Å². The summed E-state index contributed by atoms with van der Waals surface area (Å²) in [6.45, 7) is 3.27. The van der Waals surface area contributed by atoms with Gasteiger partial charge in [-0.15, -0.1) is 0 Å². The summed E-state index contributed by atoms with van der Waals surface area (Å²) in [5.41, 5.74) is 1.02. The van der Waals surface area contributed by atoms with Crippen molar-refractivity contribution in [2.24, 2.45) is 11.8 Å². The van der Waals surface area contributed by atoms with Gasteiger partial charge in [-0.1, -0.05) is 6.07 Å². The van der Waals surface area contributed by atoms with Gasteiger partial charge in [0.25, 0.3) is 11.8 Å². The van der Waals surface area contributed by atoms with Crippen LogP contribution >= 0.6 is 0 Å². The zero-order chi connectivity index (χ0) is 16.5. The number of hydrogen-bond donors (Lipinski definition) is 1. The largest absolute Gasteiger partial charge is 0.482 e. The van der Waals surface area contributed by atoms with Crippen LogP contribution in [-0.2, 0) is 9.53 Å². The molecule has 128 valence electrons. The van der Waals surface area contributed by atoms with E-state index < -0.39 is 0 Å². The summed E-state index contributed by atoms with van der Waals surface area (Å²) in [5, 5.41) is 2.77. The molecule has 1 aromatic carbocycles. The van der Waals surface area contributed by atoms with Crippen LogP contribution < -0.4 is 10.1 Å². The number of carbonyl (C=O) groups excluding carboxylic acids is 2. The normalized spacial score (nSPS) is 24.2. The van der Waals surface area contributed by atoms with Crippen LogP contribution in [-0.4, -0.2) is 49.6 Å². The van der Waals surface area contributed by atoms with Crippen molar-refractivity contribution < 1.29 is 19.1 Å². The molecule has 6 heteroatoms. The average molecular weight is 330 g/mol. The lowest BCUT2D eigenvalue weighted by Gasteiger charge is -2.35. The van der Waals surface area contributed by atoms with Gasteiger partial charge in [0.1, 0.15) is 5.75 Å². The van der Waals surface area contributed by atoms with E-state index in [1.165, 1.54) is 0 Å². The molecule has 2 amide bonds. The van der Waals surface area contributed by atoms with Crippen LogP contribution in [0.3, 0.4) is 0 Å². The van der Waals surface area contributed by atoms with Gasteiger partial charge >= 0.3 is 0 Å². The number of benzene rings is 1. The molecule has 1 atom stereocenters. The molecule has 0 bridgehead atoms. The van der Waals surface area contributed by atoms with E-state index in [9.17, 15) is 9.59 Å². The molecule has 0 spiro atoms. The number of amides is 2. The summed E-state index contributed by atoms with van der Waals surface area (Å²) in [4.78, 5) is 26.4. The highest BCUT2D eigenvalue weighted by Crippen LogP contribution is 2.34. The van der Waals surface area contributed by atoms with Gasteiger partial charge in [-0.05, 0) is 43.2 Å². The lowest BCUT2D eigenvalue weighted by Crippen LogP contribution is -2.40. The number of carbonyl (C=O) groups is 2. The minimum Gasteiger partial charge on any atom is -0.482 e. The summed E-state index contributed by atoms with van der Waals surface area (Å²) in [7, 11) is 0. The fourth-order valence-corrected chi connectivity index (χ4v) is 3.95. The highest BCUT2D eigenvalue weighted by Gasteiger charge is 2.32. The van der Waals surface area contributed by atoms with Gasteiger partial charge < -0.3 is 19.7 Å². The zero-order valence-electron chi connectivity index (χ0n) is 13.6. The maximum Gasteiger partial charge on any atom is 0.262 e. The molecule has 0 saturated carbocycles. The van der Waals surface area contributed by atoms with Crippen LogP contribution in [0.15, 0.2) is 18.2 Å². The fourth-order valence-electron chi connectivity index (χ4n) is 3.95. The molecule has 1 aromatic rings. The second-order valence-corrected chi connectivity index (χ2v) is 6.77. The van der Waals surface area contributed by atoms with Crippen molar-refractivity contribution in [3.05, 3.63) is 23.8 Å². The Morgan fingerprint density at radius 3 is 2.75 bits per heavy atom. The van der Waals surface area contributed by atoms with Crippen LogP contribution in [0, 0.1) is 11.8 Å². The van der Waals surface area contributed by atoms with E-state index in [0.717, 1.165) is 45.6 Å². The van der Waals surface area contributed by atoms with E-state index in [1.807, 2.05) is 4.90 Å². The van der Waals surface area contributed by atoms with E-state index in [-0.39, 0.29) is 18.4 Å². The number of anilines is 1. The molecule has 2 fully saturated rings. The van der Waals surface area contributed by atoms with Gasteiger partial charge in [0.15, 0.2) is 6.61 Å². The number of rotatable bonds is 2. The molecule has 0 radical (unpaired) electrons. The van der Waals surface area contributed by atoms with Crippen LogP contribution in [0.4, 0.5) is 5.69 Å². The van der Waals surface area contributed by atoms with Crippen molar-refractivity contribution in [3.8, 4) is 5.75 Å². The SMILES string of the molecule is O=C1COc2cccc(C(=O)N3CCC([C@H]4CCOC4)CC3)c2N1. The Hall–Kier alpha value is -2.08. The maximum atomic E-state index is 12.9. The first-order chi connectivity index (χ1) is 11.7. The summed E-state index contributed by atoms with van der Waals surface area (Å²) in [6.07, 6.45) is 3.20. The van der Waals surface area contributed by atoms with Gasteiger partial charge in [-0.2, -0.15) is 0 Å². The molecule has 0 aromatic heterocycles. The minimum absolute atomic E-state index is 0.000498. The lowest BCUT2D eigenvalue weighted by molar-refractivity contribution is -0.118. The van der Waals surface area contributed by atoms with Crippen molar-refractivity contribution in [1.82, 2.24) is 4.90 Å². The van der Waals surface area contributed by atoms with Crippen molar-refractivity contribution in [1.29, 1.82) is 0 Å². The van der Waals surface area contributed by atoms with E-state index in [1.54, 1.807) is 18.2 Å². The monoisotopic (exact) mass is 330 g/mol. The highest BCUT2D eigenvalue weighted by molar-refractivity contribution is 6.06. The Morgan fingerprint density at radius 1 is 1.17 bits per heavy atom. The Labute approximate surface area is 141 Å². The second-order valence-electron chi connectivity index (χ2n) is 6.77. The maximum absolute atomic E-state index is 12.9. The number of nitrogens with zero attached hydrogens (tertiary/aromatic N) is 1. The zero-order valence-corrected chi connectivity index (χ0v) is 13.6. The Kier molecular flexibility index (Phi) is 4.14.